The van der Waals surface area contributed by atoms with E-state index in [0.717, 1.165) is 11.1 Å². The summed E-state index contributed by atoms with van der Waals surface area (Å²) in [5.41, 5.74) is 8.09. The normalized spacial score (nSPS) is 15.8. The number of aliphatic imine (C=N–C) groups is 1. The second-order valence-corrected chi connectivity index (χ2v) is 6.42. The quantitative estimate of drug-likeness (QED) is 0.625. The number of nitrogens with zero attached hydrogens (tertiary/aromatic N) is 2. The first kappa shape index (κ1) is 17.3. The Morgan fingerprint density at radius 3 is 2.72 bits per heavy atom. The Morgan fingerprint density at radius 1 is 1.12 bits per heavy atom. The zero-order valence-corrected chi connectivity index (χ0v) is 14.5. The fourth-order valence-electron chi connectivity index (χ4n) is 3.07. The third kappa shape index (κ3) is 5.48. The van der Waals surface area contributed by atoms with Crippen LogP contribution in [0.4, 0.5) is 0 Å². The highest BCUT2D eigenvalue weighted by Crippen LogP contribution is 2.18. The number of pyridine rings is 1. The molecular formula is C20H26N4O. The molecule has 1 fully saturated rings. The van der Waals surface area contributed by atoms with Gasteiger partial charge in [0.2, 0.25) is 5.88 Å². The Balaban J connectivity index is 1.57. The number of nitrogens with two attached hydrogens (primary N) is 1. The first-order valence-corrected chi connectivity index (χ1v) is 8.98. The van der Waals surface area contributed by atoms with Gasteiger partial charge in [-0.2, -0.15) is 0 Å². The van der Waals surface area contributed by atoms with Crippen LogP contribution in [0.5, 0.6) is 5.88 Å². The highest BCUT2D eigenvalue weighted by Gasteiger charge is 2.13. The fourth-order valence-corrected chi connectivity index (χ4v) is 3.07. The minimum atomic E-state index is 0.459. The fraction of sp³-hybridized carbons (Fsp3) is 0.400. The van der Waals surface area contributed by atoms with Crippen molar-refractivity contribution in [2.75, 3.05) is 0 Å². The lowest BCUT2D eigenvalue weighted by atomic mass is 9.96. The molecule has 5 heteroatoms. The number of nitrogens with one attached hydrogen (secondary N) is 1. The number of aromatic nitrogens is 1. The molecule has 132 valence electrons. The Kier molecular flexibility index (Phi) is 6.26. The van der Waals surface area contributed by atoms with E-state index in [0.29, 0.717) is 31.0 Å². The molecule has 1 aromatic heterocycles. The molecule has 3 rings (SSSR count). The monoisotopic (exact) mass is 338 g/mol. The molecule has 3 N–H and O–H groups in total. The zero-order valence-electron chi connectivity index (χ0n) is 14.5. The van der Waals surface area contributed by atoms with Crippen LogP contribution in [-0.2, 0) is 13.2 Å². The molecule has 1 heterocycles. The molecule has 0 spiro atoms. The molecule has 5 nitrogen and oxygen atoms in total. The largest absolute Gasteiger partial charge is 0.473 e. The lowest BCUT2D eigenvalue weighted by Crippen LogP contribution is -2.41. The molecule has 0 aliphatic heterocycles. The van der Waals surface area contributed by atoms with Gasteiger partial charge in [-0.25, -0.2) is 9.98 Å². The molecule has 0 unspecified atom stereocenters. The first-order valence-electron chi connectivity index (χ1n) is 8.98. The van der Waals surface area contributed by atoms with E-state index in [4.69, 9.17) is 10.5 Å². The van der Waals surface area contributed by atoms with E-state index < -0.39 is 0 Å². The van der Waals surface area contributed by atoms with Gasteiger partial charge in [0, 0.05) is 17.8 Å². The van der Waals surface area contributed by atoms with Crippen LogP contribution in [0.3, 0.4) is 0 Å². The summed E-state index contributed by atoms with van der Waals surface area (Å²) in [5.74, 6) is 1.12. The van der Waals surface area contributed by atoms with Crippen LogP contribution in [0.25, 0.3) is 0 Å². The summed E-state index contributed by atoms with van der Waals surface area (Å²) < 4.78 is 5.86. The van der Waals surface area contributed by atoms with Crippen LogP contribution < -0.4 is 15.8 Å². The molecule has 2 aromatic rings. The van der Waals surface area contributed by atoms with Gasteiger partial charge in [-0.3, -0.25) is 0 Å². The van der Waals surface area contributed by atoms with E-state index >= 15 is 0 Å². The highest BCUT2D eigenvalue weighted by atomic mass is 16.5. The highest BCUT2D eigenvalue weighted by molar-refractivity contribution is 5.78. The molecule has 0 radical (unpaired) electrons. The second-order valence-electron chi connectivity index (χ2n) is 6.42. The standard InChI is InChI=1S/C20H26N4O/c21-20(24-18-11-5-2-6-12-18)23-14-17-10-7-13-22-19(17)25-15-16-8-3-1-4-9-16/h1,3-4,7-10,13,18H,2,5-6,11-12,14-15H2,(H3,21,23,24). The van der Waals surface area contributed by atoms with Crippen LogP contribution in [0.15, 0.2) is 53.7 Å². The van der Waals surface area contributed by atoms with Crippen LogP contribution in [0.1, 0.15) is 43.2 Å². The number of hydrogen-bond acceptors (Lipinski definition) is 3. The van der Waals surface area contributed by atoms with E-state index in [1.54, 1.807) is 6.20 Å². The molecule has 25 heavy (non-hydrogen) atoms. The van der Waals surface area contributed by atoms with Crippen molar-refractivity contribution in [3.63, 3.8) is 0 Å². The van der Waals surface area contributed by atoms with Crippen LogP contribution in [0, 0.1) is 0 Å². The Morgan fingerprint density at radius 2 is 1.92 bits per heavy atom. The number of hydrogen-bond donors (Lipinski definition) is 2. The lowest BCUT2D eigenvalue weighted by Gasteiger charge is -2.23. The molecule has 0 atom stereocenters. The molecular weight excluding hydrogens is 312 g/mol. The zero-order chi connectivity index (χ0) is 17.3. The van der Waals surface area contributed by atoms with Crippen LogP contribution in [-0.4, -0.2) is 17.0 Å². The third-order valence-corrected chi connectivity index (χ3v) is 4.45. The molecule has 0 saturated heterocycles. The van der Waals surface area contributed by atoms with Crippen molar-refractivity contribution >= 4 is 5.96 Å². The Hall–Kier alpha value is -2.56. The predicted octanol–water partition coefficient (Wildman–Crippen LogP) is 3.40. The van der Waals surface area contributed by atoms with E-state index in [2.05, 4.69) is 15.3 Å². The molecule has 1 saturated carbocycles. The maximum absolute atomic E-state index is 6.05. The van der Waals surface area contributed by atoms with Gasteiger partial charge >= 0.3 is 0 Å². The smallest absolute Gasteiger partial charge is 0.218 e. The molecule has 1 aliphatic carbocycles. The van der Waals surface area contributed by atoms with E-state index in [-0.39, 0.29) is 0 Å². The second kappa shape index (κ2) is 9.06. The van der Waals surface area contributed by atoms with Crippen LogP contribution >= 0.6 is 0 Å². The number of rotatable bonds is 6. The van der Waals surface area contributed by atoms with Crippen molar-refractivity contribution in [1.82, 2.24) is 10.3 Å². The molecule has 1 aromatic carbocycles. The summed E-state index contributed by atoms with van der Waals surface area (Å²) in [7, 11) is 0. The van der Waals surface area contributed by atoms with Crippen molar-refractivity contribution in [3.8, 4) is 5.88 Å². The summed E-state index contributed by atoms with van der Waals surface area (Å²) in [6.07, 6.45) is 7.95. The maximum atomic E-state index is 6.05. The minimum absolute atomic E-state index is 0.459. The van der Waals surface area contributed by atoms with Gasteiger partial charge in [0.1, 0.15) is 6.61 Å². The van der Waals surface area contributed by atoms with Crippen molar-refractivity contribution < 1.29 is 4.74 Å². The van der Waals surface area contributed by atoms with Crippen molar-refractivity contribution in [2.24, 2.45) is 10.7 Å². The lowest BCUT2D eigenvalue weighted by molar-refractivity contribution is 0.290. The molecule has 0 amide bonds. The van der Waals surface area contributed by atoms with E-state index in [9.17, 15) is 0 Å². The van der Waals surface area contributed by atoms with E-state index in [1.165, 1.54) is 32.1 Å². The summed E-state index contributed by atoms with van der Waals surface area (Å²) in [6, 6.07) is 14.4. The van der Waals surface area contributed by atoms with Gasteiger partial charge in [0.25, 0.3) is 0 Å². The SMILES string of the molecule is NC(=NCc1cccnc1OCc1ccccc1)NC1CCCCC1. The van der Waals surface area contributed by atoms with Gasteiger partial charge < -0.3 is 15.8 Å². The summed E-state index contributed by atoms with van der Waals surface area (Å²) >= 11 is 0. The summed E-state index contributed by atoms with van der Waals surface area (Å²) in [6.45, 7) is 0.952. The Bertz CT molecular complexity index is 681. The first-order chi connectivity index (χ1) is 12.3. The van der Waals surface area contributed by atoms with Gasteiger partial charge in [-0.05, 0) is 24.5 Å². The van der Waals surface area contributed by atoms with E-state index in [1.807, 2.05) is 42.5 Å². The predicted molar refractivity (Wildman–Crippen MR) is 100 cm³/mol. The van der Waals surface area contributed by atoms with Crippen molar-refractivity contribution in [3.05, 3.63) is 59.8 Å². The average molecular weight is 338 g/mol. The number of guanidine groups is 1. The number of benzene rings is 1. The summed E-state index contributed by atoms with van der Waals surface area (Å²) in [4.78, 5) is 8.80. The van der Waals surface area contributed by atoms with Gasteiger partial charge in [-0.1, -0.05) is 55.7 Å². The van der Waals surface area contributed by atoms with Crippen molar-refractivity contribution in [1.29, 1.82) is 0 Å². The van der Waals surface area contributed by atoms with Gasteiger partial charge in [0.05, 0.1) is 6.54 Å². The number of ether oxygens (including phenoxy) is 1. The summed E-state index contributed by atoms with van der Waals surface area (Å²) in [5, 5.41) is 3.33. The molecule has 1 aliphatic rings. The van der Waals surface area contributed by atoms with Gasteiger partial charge in [0.15, 0.2) is 5.96 Å². The topological polar surface area (TPSA) is 72.5 Å². The minimum Gasteiger partial charge on any atom is -0.473 e. The molecule has 0 bridgehead atoms. The van der Waals surface area contributed by atoms with Crippen LogP contribution in [0.2, 0.25) is 0 Å². The average Bonchev–Trinajstić information content (AvgIpc) is 2.67. The van der Waals surface area contributed by atoms with Crippen molar-refractivity contribution in [2.45, 2.75) is 51.3 Å². The maximum Gasteiger partial charge on any atom is 0.218 e. The third-order valence-electron chi connectivity index (χ3n) is 4.45. The van der Waals surface area contributed by atoms with Gasteiger partial charge in [-0.15, -0.1) is 0 Å². The Labute approximate surface area is 149 Å².